The summed E-state index contributed by atoms with van der Waals surface area (Å²) in [5.74, 6) is -0.114. The highest BCUT2D eigenvalue weighted by molar-refractivity contribution is 7.92. The Bertz CT molecular complexity index is 952. The van der Waals surface area contributed by atoms with Crippen LogP contribution in [0.1, 0.15) is 40.4 Å². The van der Waals surface area contributed by atoms with E-state index in [1.807, 2.05) is 38.1 Å². The van der Waals surface area contributed by atoms with Crippen LogP contribution in [0.3, 0.4) is 0 Å². The molecule has 3 rings (SSSR count). The first kappa shape index (κ1) is 18.5. The predicted molar refractivity (Wildman–Crippen MR) is 105 cm³/mol. The summed E-state index contributed by atoms with van der Waals surface area (Å²) >= 11 is 0. The maximum atomic E-state index is 12.6. The zero-order valence-corrected chi connectivity index (χ0v) is 16.2. The first-order chi connectivity index (χ1) is 12.3. The van der Waals surface area contributed by atoms with E-state index in [2.05, 4.69) is 5.32 Å². The molecule has 1 heterocycles. The zero-order valence-electron chi connectivity index (χ0n) is 15.4. The normalized spacial score (nSPS) is 14.0. The molecule has 0 radical (unpaired) electrons. The van der Waals surface area contributed by atoms with Gasteiger partial charge >= 0.3 is 0 Å². The summed E-state index contributed by atoms with van der Waals surface area (Å²) in [6.07, 6.45) is 1.53. The number of rotatable bonds is 4. The number of sulfonamides is 1. The third kappa shape index (κ3) is 3.60. The Morgan fingerprint density at radius 1 is 1.15 bits per heavy atom. The number of aryl methyl sites for hydroxylation is 3. The molecule has 0 aliphatic carbocycles. The van der Waals surface area contributed by atoms with E-state index >= 15 is 0 Å². The van der Waals surface area contributed by atoms with Gasteiger partial charge in [-0.1, -0.05) is 17.7 Å². The molecule has 6 heteroatoms. The number of anilines is 2. The summed E-state index contributed by atoms with van der Waals surface area (Å²) < 4.78 is 26.0. The number of hydrogen-bond acceptors (Lipinski definition) is 3. The van der Waals surface area contributed by atoms with Gasteiger partial charge in [-0.2, -0.15) is 0 Å². The number of benzene rings is 2. The van der Waals surface area contributed by atoms with Crippen molar-refractivity contribution in [1.29, 1.82) is 0 Å². The minimum Gasteiger partial charge on any atom is -0.322 e. The largest absolute Gasteiger partial charge is 0.322 e. The molecule has 1 amide bonds. The van der Waals surface area contributed by atoms with Crippen LogP contribution >= 0.6 is 0 Å². The molecule has 0 fully saturated rings. The molecule has 1 aliphatic heterocycles. The van der Waals surface area contributed by atoms with Gasteiger partial charge in [0.05, 0.1) is 11.4 Å². The molecule has 26 heavy (non-hydrogen) atoms. The molecule has 0 bridgehead atoms. The number of hydrogen-bond donors (Lipinski definition) is 1. The molecule has 0 unspecified atom stereocenters. The lowest BCUT2D eigenvalue weighted by Gasteiger charge is -2.30. The monoisotopic (exact) mass is 372 g/mol. The Labute approximate surface area is 155 Å². The number of fused-ring (bicyclic) bond motifs is 1. The van der Waals surface area contributed by atoms with Gasteiger partial charge in [-0.05, 0) is 69.0 Å². The van der Waals surface area contributed by atoms with Crippen LogP contribution in [-0.4, -0.2) is 26.6 Å². The van der Waals surface area contributed by atoms with Crippen molar-refractivity contribution in [2.45, 2.75) is 33.6 Å². The molecule has 1 aliphatic rings. The summed E-state index contributed by atoms with van der Waals surface area (Å²) in [4.78, 5) is 12.6. The Morgan fingerprint density at radius 3 is 2.62 bits per heavy atom. The first-order valence-corrected chi connectivity index (χ1v) is 10.4. The third-order valence-electron chi connectivity index (χ3n) is 4.75. The lowest BCUT2D eigenvalue weighted by molar-refractivity contribution is 0.102. The fraction of sp³-hybridized carbons (Fsp3) is 0.350. The van der Waals surface area contributed by atoms with Gasteiger partial charge in [0.2, 0.25) is 10.0 Å². The van der Waals surface area contributed by atoms with Crippen molar-refractivity contribution in [1.82, 2.24) is 0 Å². The van der Waals surface area contributed by atoms with Crippen molar-refractivity contribution in [2.75, 3.05) is 21.9 Å². The van der Waals surface area contributed by atoms with Crippen LogP contribution in [-0.2, 0) is 16.4 Å². The highest BCUT2D eigenvalue weighted by Crippen LogP contribution is 2.30. The second kappa shape index (κ2) is 7.11. The van der Waals surface area contributed by atoms with Gasteiger partial charge in [0.15, 0.2) is 0 Å². The topological polar surface area (TPSA) is 66.5 Å². The molecule has 1 N–H and O–H groups in total. The van der Waals surface area contributed by atoms with Crippen LogP contribution < -0.4 is 9.62 Å². The molecular weight excluding hydrogens is 348 g/mol. The maximum absolute atomic E-state index is 12.6. The van der Waals surface area contributed by atoms with E-state index in [-0.39, 0.29) is 11.7 Å². The van der Waals surface area contributed by atoms with Crippen LogP contribution in [0, 0.1) is 13.8 Å². The second-order valence-corrected chi connectivity index (χ2v) is 8.87. The predicted octanol–water partition coefficient (Wildman–Crippen LogP) is 3.66. The van der Waals surface area contributed by atoms with Crippen molar-refractivity contribution < 1.29 is 13.2 Å². The number of carbonyl (C=O) groups is 1. The smallest absolute Gasteiger partial charge is 0.255 e. The number of nitrogens with one attached hydrogen (secondary N) is 1. The summed E-state index contributed by atoms with van der Waals surface area (Å²) in [5, 5.41) is 2.94. The van der Waals surface area contributed by atoms with E-state index in [0.717, 1.165) is 35.2 Å². The Balaban J connectivity index is 1.87. The van der Waals surface area contributed by atoms with Crippen molar-refractivity contribution in [3.63, 3.8) is 0 Å². The van der Waals surface area contributed by atoms with E-state index in [4.69, 9.17) is 0 Å². The number of carbonyl (C=O) groups excluding carboxylic acids is 1. The van der Waals surface area contributed by atoms with Crippen LogP contribution in [0.25, 0.3) is 0 Å². The minimum atomic E-state index is -3.29. The summed E-state index contributed by atoms with van der Waals surface area (Å²) in [5.41, 5.74) is 5.08. The van der Waals surface area contributed by atoms with Crippen molar-refractivity contribution >= 4 is 27.3 Å². The average molecular weight is 372 g/mol. The lowest BCUT2D eigenvalue weighted by atomic mass is 10.0. The van der Waals surface area contributed by atoms with Gasteiger partial charge in [-0.3, -0.25) is 9.10 Å². The molecule has 0 atom stereocenters. The van der Waals surface area contributed by atoms with Gasteiger partial charge in [-0.15, -0.1) is 0 Å². The Hall–Kier alpha value is -2.34. The van der Waals surface area contributed by atoms with Gasteiger partial charge in [0.25, 0.3) is 5.91 Å². The number of nitrogens with zero attached hydrogens (tertiary/aromatic N) is 1. The fourth-order valence-electron chi connectivity index (χ4n) is 3.30. The number of amides is 1. The highest BCUT2D eigenvalue weighted by Gasteiger charge is 2.26. The molecular formula is C20H24N2O3S. The molecule has 0 saturated carbocycles. The lowest BCUT2D eigenvalue weighted by Crippen LogP contribution is -2.36. The van der Waals surface area contributed by atoms with Gasteiger partial charge in [0, 0.05) is 17.8 Å². The summed E-state index contributed by atoms with van der Waals surface area (Å²) in [6, 6.07) is 11.1. The Morgan fingerprint density at radius 2 is 1.92 bits per heavy atom. The quantitative estimate of drug-likeness (QED) is 0.891. The molecule has 0 saturated heterocycles. The SMILES string of the molecule is CCS(=O)(=O)N1CCCc2cc(C(=O)Nc3ccc(C)cc3C)ccc21. The van der Waals surface area contributed by atoms with Crippen LogP contribution in [0.15, 0.2) is 36.4 Å². The minimum absolute atomic E-state index is 0.0708. The average Bonchev–Trinajstić information content (AvgIpc) is 2.63. The van der Waals surface area contributed by atoms with Gasteiger partial charge in [0.1, 0.15) is 0 Å². The highest BCUT2D eigenvalue weighted by atomic mass is 32.2. The third-order valence-corrected chi connectivity index (χ3v) is 6.53. The van der Waals surface area contributed by atoms with E-state index < -0.39 is 10.0 Å². The maximum Gasteiger partial charge on any atom is 0.255 e. The fourth-order valence-corrected chi connectivity index (χ4v) is 4.49. The molecule has 138 valence electrons. The van der Waals surface area contributed by atoms with Gasteiger partial charge in [-0.25, -0.2) is 8.42 Å². The molecule has 2 aromatic rings. The standard InChI is InChI=1S/C20H24N2O3S/c1-4-26(24,25)22-11-5-6-16-13-17(8-10-19(16)22)20(23)21-18-9-7-14(2)12-15(18)3/h7-10,12-13H,4-6,11H2,1-3H3,(H,21,23). The molecule has 5 nitrogen and oxygen atoms in total. The summed E-state index contributed by atoms with van der Waals surface area (Å²) in [6.45, 7) is 6.12. The van der Waals surface area contributed by atoms with E-state index in [1.54, 1.807) is 19.1 Å². The second-order valence-electron chi connectivity index (χ2n) is 6.69. The van der Waals surface area contributed by atoms with Crippen LogP contribution in [0.5, 0.6) is 0 Å². The zero-order chi connectivity index (χ0) is 18.9. The van der Waals surface area contributed by atoms with Crippen molar-refractivity contribution in [2.24, 2.45) is 0 Å². The van der Waals surface area contributed by atoms with Crippen molar-refractivity contribution in [3.05, 3.63) is 58.7 Å². The summed E-state index contributed by atoms with van der Waals surface area (Å²) in [7, 11) is -3.29. The Kier molecular flexibility index (Phi) is 5.05. The van der Waals surface area contributed by atoms with Crippen LogP contribution in [0.4, 0.5) is 11.4 Å². The molecule has 2 aromatic carbocycles. The van der Waals surface area contributed by atoms with E-state index in [1.165, 1.54) is 4.31 Å². The van der Waals surface area contributed by atoms with Gasteiger partial charge < -0.3 is 5.32 Å². The first-order valence-electron chi connectivity index (χ1n) is 8.84. The van der Waals surface area contributed by atoms with Crippen LogP contribution in [0.2, 0.25) is 0 Å². The molecule has 0 aromatic heterocycles. The van der Waals surface area contributed by atoms with E-state index in [9.17, 15) is 13.2 Å². The van der Waals surface area contributed by atoms with E-state index in [0.29, 0.717) is 17.8 Å². The van der Waals surface area contributed by atoms with Crippen molar-refractivity contribution in [3.8, 4) is 0 Å². The molecule has 0 spiro atoms.